The van der Waals surface area contributed by atoms with Crippen LogP contribution in [0.25, 0.3) is 0 Å². The van der Waals surface area contributed by atoms with Gasteiger partial charge < -0.3 is 20.4 Å². The normalized spacial score (nSPS) is 11.1. The number of guanidine groups is 1. The van der Waals surface area contributed by atoms with Gasteiger partial charge in [0.1, 0.15) is 0 Å². The molecule has 2 rings (SSSR count). The Bertz CT molecular complexity index is 838. The highest BCUT2D eigenvalue weighted by molar-refractivity contribution is 14.0. The van der Waals surface area contributed by atoms with Crippen LogP contribution in [0.3, 0.4) is 0 Å². The van der Waals surface area contributed by atoms with E-state index in [0.717, 1.165) is 30.3 Å². The summed E-state index contributed by atoms with van der Waals surface area (Å²) in [7, 11) is 5.80. The highest BCUT2D eigenvalue weighted by Gasteiger charge is 2.08. The number of nitrogens with zero attached hydrogens (tertiary/aromatic N) is 3. The fourth-order valence-corrected chi connectivity index (χ4v) is 2.99. The maximum atomic E-state index is 12.0. The molecule has 0 saturated carbocycles. The number of rotatable bonds is 8. The molecular weight excluding hydrogens is 489 g/mol. The van der Waals surface area contributed by atoms with Crippen molar-refractivity contribution in [1.82, 2.24) is 15.1 Å². The molecule has 7 heteroatoms. The minimum absolute atomic E-state index is 0. The number of hydrogen-bond acceptors (Lipinski definition) is 3. The molecule has 164 valence electrons. The first-order valence-corrected chi connectivity index (χ1v) is 9.96. The summed E-state index contributed by atoms with van der Waals surface area (Å²) in [4.78, 5) is 20.7. The van der Waals surface area contributed by atoms with E-state index in [1.807, 2.05) is 50.3 Å². The molecule has 0 aliphatic heterocycles. The molecule has 2 aromatic carbocycles. The third kappa shape index (κ3) is 8.71. The van der Waals surface area contributed by atoms with Crippen molar-refractivity contribution in [3.63, 3.8) is 0 Å². The third-order valence-corrected chi connectivity index (χ3v) is 4.45. The van der Waals surface area contributed by atoms with Crippen molar-refractivity contribution in [1.29, 1.82) is 0 Å². The number of nitrogens with one attached hydrogen (secondary N) is 2. The number of benzene rings is 2. The number of aryl methyl sites for hydroxylation is 1. The number of likely N-dealkylation sites (N-methyl/N-ethyl adjacent to an activating group) is 1. The van der Waals surface area contributed by atoms with Crippen LogP contribution in [-0.4, -0.2) is 55.9 Å². The van der Waals surface area contributed by atoms with Gasteiger partial charge in [0, 0.05) is 25.8 Å². The molecule has 0 atom stereocenters. The second-order valence-corrected chi connectivity index (χ2v) is 7.44. The highest BCUT2D eigenvalue weighted by Crippen LogP contribution is 2.13. The van der Waals surface area contributed by atoms with Gasteiger partial charge >= 0.3 is 0 Å². The first kappa shape index (κ1) is 25.9. The van der Waals surface area contributed by atoms with Crippen molar-refractivity contribution in [2.75, 3.05) is 39.5 Å². The lowest BCUT2D eigenvalue weighted by atomic mass is 10.1. The lowest BCUT2D eigenvalue weighted by Gasteiger charge is -2.23. The van der Waals surface area contributed by atoms with E-state index in [9.17, 15) is 4.79 Å². The molecule has 0 heterocycles. The zero-order chi connectivity index (χ0) is 21.2. The van der Waals surface area contributed by atoms with Crippen molar-refractivity contribution in [3.8, 4) is 0 Å². The van der Waals surface area contributed by atoms with E-state index in [1.165, 1.54) is 11.1 Å². The zero-order valence-electron chi connectivity index (χ0n) is 18.6. The highest BCUT2D eigenvalue weighted by atomic mass is 127. The first-order valence-electron chi connectivity index (χ1n) is 9.96. The van der Waals surface area contributed by atoms with Crippen molar-refractivity contribution in [2.45, 2.75) is 26.9 Å². The topological polar surface area (TPSA) is 60.0 Å². The van der Waals surface area contributed by atoms with Gasteiger partial charge in [0.05, 0.1) is 13.1 Å². The summed E-state index contributed by atoms with van der Waals surface area (Å²) in [6.07, 6.45) is 0. The molecule has 0 unspecified atom stereocenters. The second-order valence-electron chi connectivity index (χ2n) is 7.44. The van der Waals surface area contributed by atoms with Crippen LogP contribution in [0.2, 0.25) is 0 Å². The molecule has 0 saturated heterocycles. The van der Waals surface area contributed by atoms with Gasteiger partial charge in [-0.3, -0.25) is 4.79 Å². The average molecular weight is 523 g/mol. The predicted molar refractivity (Wildman–Crippen MR) is 137 cm³/mol. The first-order chi connectivity index (χ1) is 13.9. The molecular formula is C23H34IN5O. The van der Waals surface area contributed by atoms with E-state index >= 15 is 0 Å². The molecule has 0 bridgehead atoms. The van der Waals surface area contributed by atoms with Crippen LogP contribution in [0.1, 0.15) is 23.6 Å². The largest absolute Gasteiger partial charge is 0.357 e. The number of amides is 1. The van der Waals surface area contributed by atoms with Crippen molar-refractivity contribution < 1.29 is 4.79 Å². The third-order valence-electron chi connectivity index (χ3n) is 4.45. The van der Waals surface area contributed by atoms with Gasteiger partial charge in [-0.1, -0.05) is 36.4 Å². The Labute approximate surface area is 197 Å². The van der Waals surface area contributed by atoms with Crippen LogP contribution >= 0.6 is 24.0 Å². The number of carbonyl (C=O) groups excluding carboxylic acids is 1. The Hall–Kier alpha value is -2.13. The predicted octanol–water partition coefficient (Wildman–Crippen LogP) is 3.71. The Morgan fingerprint density at radius 2 is 1.80 bits per heavy atom. The van der Waals surface area contributed by atoms with E-state index in [-0.39, 0.29) is 29.9 Å². The molecule has 0 aliphatic carbocycles. The SMILES string of the molecule is CCNC(=NCc1cccc(NC(=O)CN(C)C)c1)N(C)Cc1ccccc1C.I. The molecule has 30 heavy (non-hydrogen) atoms. The fourth-order valence-electron chi connectivity index (χ4n) is 2.99. The quantitative estimate of drug-likeness (QED) is 0.315. The molecule has 0 fully saturated rings. The maximum Gasteiger partial charge on any atom is 0.238 e. The van der Waals surface area contributed by atoms with E-state index in [0.29, 0.717) is 13.1 Å². The number of halogens is 1. The molecule has 1 amide bonds. The van der Waals surface area contributed by atoms with E-state index in [1.54, 1.807) is 0 Å². The lowest BCUT2D eigenvalue weighted by Crippen LogP contribution is -2.38. The van der Waals surface area contributed by atoms with Crippen LogP contribution in [-0.2, 0) is 17.9 Å². The summed E-state index contributed by atoms with van der Waals surface area (Å²) >= 11 is 0. The molecule has 6 nitrogen and oxygen atoms in total. The van der Waals surface area contributed by atoms with Crippen LogP contribution < -0.4 is 10.6 Å². The van der Waals surface area contributed by atoms with Gasteiger partial charge in [0.15, 0.2) is 5.96 Å². The maximum absolute atomic E-state index is 12.0. The zero-order valence-corrected chi connectivity index (χ0v) is 20.9. The molecule has 2 N–H and O–H groups in total. The van der Waals surface area contributed by atoms with Crippen LogP contribution in [0.5, 0.6) is 0 Å². The molecule has 2 aromatic rings. The molecule has 0 radical (unpaired) electrons. The Morgan fingerprint density at radius 1 is 1.07 bits per heavy atom. The monoisotopic (exact) mass is 523 g/mol. The van der Waals surface area contributed by atoms with Crippen LogP contribution in [0, 0.1) is 6.92 Å². The number of anilines is 1. The summed E-state index contributed by atoms with van der Waals surface area (Å²) in [5.41, 5.74) is 4.40. The van der Waals surface area contributed by atoms with E-state index in [4.69, 9.17) is 4.99 Å². The molecule has 0 aliphatic rings. The smallest absolute Gasteiger partial charge is 0.238 e. The van der Waals surface area contributed by atoms with Gasteiger partial charge in [-0.05, 0) is 56.8 Å². The van der Waals surface area contributed by atoms with Crippen molar-refractivity contribution >= 4 is 41.5 Å². The Kier molecular flexibility index (Phi) is 11.4. The molecule has 0 spiro atoms. The van der Waals surface area contributed by atoms with Gasteiger partial charge in [-0.25, -0.2) is 4.99 Å². The van der Waals surface area contributed by atoms with Gasteiger partial charge in [-0.15, -0.1) is 24.0 Å². The van der Waals surface area contributed by atoms with Crippen molar-refractivity contribution in [3.05, 3.63) is 65.2 Å². The minimum Gasteiger partial charge on any atom is -0.357 e. The number of aliphatic imine (C=N–C) groups is 1. The van der Waals surface area contributed by atoms with Crippen molar-refractivity contribution in [2.24, 2.45) is 4.99 Å². The average Bonchev–Trinajstić information content (AvgIpc) is 2.66. The second kappa shape index (κ2) is 13.2. The summed E-state index contributed by atoms with van der Waals surface area (Å²) in [6, 6.07) is 16.2. The van der Waals surface area contributed by atoms with Gasteiger partial charge in [-0.2, -0.15) is 0 Å². The summed E-state index contributed by atoms with van der Waals surface area (Å²) < 4.78 is 0. The minimum atomic E-state index is -0.0260. The number of hydrogen-bond donors (Lipinski definition) is 2. The molecule has 0 aromatic heterocycles. The fraction of sp³-hybridized carbons (Fsp3) is 0.391. The Morgan fingerprint density at radius 3 is 2.47 bits per heavy atom. The Balaban J connectivity index is 0.00000450. The van der Waals surface area contributed by atoms with Gasteiger partial charge in [0.25, 0.3) is 0 Å². The van der Waals surface area contributed by atoms with E-state index < -0.39 is 0 Å². The number of carbonyl (C=O) groups is 1. The summed E-state index contributed by atoms with van der Waals surface area (Å²) in [5, 5.41) is 6.29. The van der Waals surface area contributed by atoms with Crippen LogP contribution in [0.15, 0.2) is 53.5 Å². The van der Waals surface area contributed by atoms with E-state index in [2.05, 4.69) is 53.6 Å². The van der Waals surface area contributed by atoms with Gasteiger partial charge in [0.2, 0.25) is 5.91 Å². The summed E-state index contributed by atoms with van der Waals surface area (Å²) in [6.45, 7) is 6.69. The van der Waals surface area contributed by atoms with Crippen LogP contribution in [0.4, 0.5) is 5.69 Å². The standard InChI is InChI=1S/C23H33N5O.HI/c1-6-24-23(28(5)16-20-12-8-7-10-18(20)2)25-15-19-11-9-13-21(14-19)26-22(29)17-27(3)4;/h7-14H,6,15-17H2,1-5H3,(H,24,25)(H,26,29);1H. The lowest BCUT2D eigenvalue weighted by molar-refractivity contribution is -0.116. The summed E-state index contributed by atoms with van der Waals surface area (Å²) in [5.74, 6) is 0.833.